The maximum absolute atomic E-state index is 6.45. The first-order valence-corrected chi connectivity index (χ1v) is 10.2. The predicted octanol–water partition coefficient (Wildman–Crippen LogP) is 3.13. The molecule has 2 heteroatoms. The Morgan fingerprint density at radius 2 is 1.15 bits per heavy atom. The molecule has 2 bridgehead atoms. The van der Waals surface area contributed by atoms with Crippen LogP contribution in [0.5, 0.6) is 0 Å². The molecule has 2 aromatic rings. The van der Waals surface area contributed by atoms with Crippen LogP contribution in [-0.4, -0.2) is 19.0 Å². The molecule has 0 amide bonds. The van der Waals surface area contributed by atoms with Crippen molar-refractivity contribution in [3.05, 3.63) is 81.2 Å². The molecule has 2 aromatic carbocycles. The van der Waals surface area contributed by atoms with E-state index in [1.807, 2.05) is 0 Å². The van der Waals surface area contributed by atoms with Gasteiger partial charge in [-0.3, -0.25) is 0 Å². The summed E-state index contributed by atoms with van der Waals surface area (Å²) in [5.74, 6) is 0.197. The van der Waals surface area contributed by atoms with Crippen molar-refractivity contribution >= 4 is 12.2 Å². The molecule has 1 heterocycles. The van der Waals surface area contributed by atoms with E-state index in [9.17, 15) is 0 Å². The standard InChI is InChI=1S/C25H24O2/c1-2-6-18-10-12-24-22-16-20-8-4-3-7-19(20)15-21(22)23(11-9-17(18)5-1)25(24)26-13-14-27-25/h1-10,23-24H,11-16H2/b17-9-,18-10-. The van der Waals surface area contributed by atoms with Crippen molar-refractivity contribution < 1.29 is 9.47 Å². The molecule has 1 saturated heterocycles. The highest BCUT2D eigenvalue weighted by Gasteiger charge is 2.58. The summed E-state index contributed by atoms with van der Waals surface area (Å²) < 4.78 is 12.9. The van der Waals surface area contributed by atoms with Crippen molar-refractivity contribution in [2.75, 3.05) is 13.2 Å². The van der Waals surface area contributed by atoms with E-state index in [4.69, 9.17) is 9.47 Å². The molecule has 27 heavy (non-hydrogen) atoms. The first kappa shape index (κ1) is 15.9. The second-order valence-corrected chi connectivity index (χ2v) is 8.20. The number of rotatable bonds is 0. The Bertz CT molecular complexity index is 978. The fourth-order valence-corrected chi connectivity index (χ4v) is 5.79. The van der Waals surface area contributed by atoms with Gasteiger partial charge in [-0.25, -0.2) is 0 Å². The lowest BCUT2D eigenvalue weighted by atomic mass is 9.82. The van der Waals surface area contributed by atoms with E-state index in [0.29, 0.717) is 25.0 Å². The van der Waals surface area contributed by atoms with Crippen LogP contribution in [-0.2, 0) is 22.3 Å². The number of hydrogen-bond acceptors (Lipinski definition) is 2. The fraction of sp³-hybridized carbons (Fsp3) is 0.360. The van der Waals surface area contributed by atoms with Crippen LogP contribution in [0, 0.1) is 11.8 Å². The molecule has 1 fully saturated rings. The van der Waals surface area contributed by atoms with Crippen molar-refractivity contribution in [1.29, 1.82) is 0 Å². The lowest BCUT2D eigenvalue weighted by Gasteiger charge is -2.35. The van der Waals surface area contributed by atoms with Gasteiger partial charge in [-0.15, -0.1) is 0 Å². The first-order chi connectivity index (χ1) is 13.4. The molecule has 2 atom stereocenters. The number of fused-ring (bicyclic) bond motifs is 4. The van der Waals surface area contributed by atoms with E-state index in [1.165, 1.54) is 21.6 Å². The smallest absolute Gasteiger partial charge is 0.182 e. The summed E-state index contributed by atoms with van der Waals surface area (Å²) in [5.41, 5.74) is 6.14. The van der Waals surface area contributed by atoms with E-state index < -0.39 is 5.79 Å². The van der Waals surface area contributed by atoms with Crippen molar-refractivity contribution in [1.82, 2.24) is 0 Å². The summed E-state index contributed by atoms with van der Waals surface area (Å²) in [6.07, 6.45) is 8.89. The van der Waals surface area contributed by atoms with Gasteiger partial charge in [0.2, 0.25) is 0 Å². The molecule has 6 rings (SSSR count). The molecule has 0 N–H and O–H groups in total. The van der Waals surface area contributed by atoms with Gasteiger partial charge < -0.3 is 9.47 Å². The molecule has 2 nitrogen and oxygen atoms in total. The lowest BCUT2D eigenvalue weighted by molar-refractivity contribution is -0.203. The highest BCUT2D eigenvalue weighted by Crippen LogP contribution is 2.56. The van der Waals surface area contributed by atoms with Crippen LogP contribution >= 0.6 is 0 Å². The zero-order valence-corrected chi connectivity index (χ0v) is 15.5. The monoisotopic (exact) mass is 356 g/mol. The van der Waals surface area contributed by atoms with Gasteiger partial charge in [-0.2, -0.15) is 0 Å². The molecule has 136 valence electrons. The molecular weight excluding hydrogens is 332 g/mol. The third-order valence-electron chi connectivity index (χ3n) is 6.99. The van der Waals surface area contributed by atoms with Crippen molar-refractivity contribution in [2.45, 2.75) is 31.5 Å². The zero-order chi connectivity index (χ0) is 17.8. The molecule has 4 aliphatic rings. The summed E-state index contributed by atoms with van der Waals surface area (Å²) in [5, 5.41) is 2.69. The minimum atomic E-state index is -0.457. The normalized spacial score (nSPS) is 30.1. The van der Waals surface area contributed by atoms with E-state index in [0.717, 1.165) is 25.7 Å². The average Bonchev–Trinajstić information content (AvgIpc) is 3.29. The first-order valence-electron chi connectivity index (χ1n) is 10.2. The SMILES string of the molecule is C1=c2/cccc/c2=C/CC2C3=C(Cc4ccccc4C3)C(C/1)C21OCCO1. The summed E-state index contributed by atoms with van der Waals surface area (Å²) in [6, 6.07) is 17.7. The maximum atomic E-state index is 6.45. The summed E-state index contributed by atoms with van der Waals surface area (Å²) in [6.45, 7) is 1.43. The lowest BCUT2D eigenvalue weighted by Crippen LogP contribution is -2.42. The van der Waals surface area contributed by atoms with E-state index in [2.05, 4.69) is 60.7 Å². The fourth-order valence-electron chi connectivity index (χ4n) is 5.79. The highest BCUT2D eigenvalue weighted by atomic mass is 16.7. The van der Waals surface area contributed by atoms with E-state index in [1.54, 1.807) is 11.1 Å². The van der Waals surface area contributed by atoms with Crippen LogP contribution in [0.15, 0.2) is 59.7 Å². The van der Waals surface area contributed by atoms with Gasteiger partial charge in [-0.05, 0) is 47.2 Å². The minimum Gasteiger partial charge on any atom is -0.346 e. The Balaban J connectivity index is 1.53. The van der Waals surface area contributed by atoms with E-state index in [-0.39, 0.29) is 0 Å². The molecule has 0 radical (unpaired) electrons. The van der Waals surface area contributed by atoms with Crippen LogP contribution in [0.3, 0.4) is 0 Å². The van der Waals surface area contributed by atoms with Crippen molar-refractivity contribution in [3.63, 3.8) is 0 Å². The number of hydrogen-bond donors (Lipinski definition) is 0. The van der Waals surface area contributed by atoms with Crippen LogP contribution < -0.4 is 10.4 Å². The van der Waals surface area contributed by atoms with Crippen LogP contribution in [0.2, 0.25) is 0 Å². The minimum absolute atomic E-state index is 0.327. The zero-order valence-electron chi connectivity index (χ0n) is 15.5. The Morgan fingerprint density at radius 1 is 0.667 bits per heavy atom. The Kier molecular flexibility index (Phi) is 3.48. The maximum Gasteiger partial charge on any atom is 0.182 e. The average molecular weight is 356 g/mol. The topological polar surface area (TPSA) is 18.5 Å². The van der Waals surface area contributed by atoms with Gasteiger partial charge >= 0.3 is 0 Å². The van der Waals surface area contributed by atoms with Gasteiger partial charge in [-0.1, -0.05) is 71.8 Å². The number of ether oxygens (including phenoxy) is 2. The van der Waals surface area contributed by atoms with E-state index >= 15 is 0 Å². The van der Waals surface area contributed by atoms with Gasteiger partial charge in [0.25, 0.3) is 0 Å². The Morgan fingerprint density at radius 3 is 1.67 bits per heavy atom. The quantitative estimate of drug-likeness (QED) is 0.675. The summed E-state index contributed by atoms with van der Waals surface area (Å²) >= 11 is 0. The molecule has 0 saturated carbocycles. The van der Waals surface area contributed by atoms with Gasteiger partial charge in [0.1, 0.15) is 0 Å². The predicted molar refractivity (Wildman–Crippen MR) is 106 cm³/mol. The third kappa shape index (κ3) is 2.27. The molecule has 3 aliphatic carbocycles. The second kappa shape index (κ2) is 5.92. The molecule has 0 aromatic heterocycles. The van der Waals surface area contributed by atoms with Crippen molar-refractivity contribution in [2.24, 2.45) is 11.8 Å². The van der Waals surface area contributed by atoms with Crippen LogP contribution in [0.4, 0.5) is 0 Å². The summed E-state index contributed by atoms with van der Waals surface area (Å²) in [7, 11) is 0. The molecule has 2 unspecified atom stereocenters. The Hall–Kier alpha value is -2.16. The van der Waals surface area contributed by atoms with Gasteiger partial charge in [0, 0.05) is 11.8 Å². The highest BCUT2D eigenvalue weighted by molar-refractivity contribution is 5.50. The van der Waals surface area contributed by atoms with Crippen LogP contribution in [0.1, 0.15) is 24.0 Å². The molecule has 1 aliphatic heterocycles. The van der Waals surface area contributed by atoms with Crippen molar-refractivity contribution in [3.8, 4) is 0 Å². The molecular formula is C25H24O2. The Labute approximate surface area is 159 Å². The van der Waals surface area contributed by atoms with Gasteiger partial charge in [0.15, 0.2) is 5.79 Å². The van der Waals surface area contributed by atoms with Gasteiger partial charge in [0.05, 0.1) is 13.2 Å². The largest absolute Gasteiger partial charge is 0.346 e. The second-order valence-electron chi connectivity index (χ2n) is 8.20. The molecule has 1 spiro atoms. The number of benzene rings is 2. The van der Waals surface area contributed by atoms with Crippen LogP contribution in [0.25, 0.3) is 12.2 Å². The summed E-state index contributed by atoms with van der Waals surface area (Å²) in [4.78, 5) is 0. The third-order valence-corrected chi connectivity index (χ3v) is 6.99.